The molecule has 0 aromatic carbocycles. The first-order valence-corrected chi connectivity index (χ1v) is 13.6. The van der Waals surface area contributed by atoms with Gasteiger partial charge in [-0.15, -0.1) is 24.0 Å². The van der Waals surface area contributed by atoms with Crippen LogP contribution in [0.25, 0.3) is 0 Å². The maximum absolute atomic E-state index is 11.4. The minimum absolute atomic E-state index is 0. The number of rotatable bonds is 6. The second-order valence-electron chi connectivity index (χ2n) is 9.52. The summed E-state index contributed by atoms with van der Waals surface area (Å²) in [5.41, 5.74) is 0.326. The molecule has 1 spiro atoms. The summed E-state index contributed by atoms with van der Waals surface area (Å²) in [6.45, 7) is 6.30. The van der Waals surface area contributed by atoms with E-state index in [0.29, 0.717) is 36.1 Å². The van der Waals surface area contributed by atoms with Crippen LogP contribution in [-0.4, -0.2) is 82.3 Å². The molecule has 2 N–H and O–H groups in total. The van der Waals surface area contributed by atoms with E-state index in [2.05, 4.69) is 22.5 Å². The molecule has 0 bridgehead atoms. The largest absolute Gasteiger partial charge is 0.377 e. The lowest BCUT2D eigenvalue weighted by molar-refractivity contribution is -0.125. The number of nitrogens with one attached hydrogen (secondary N) is 2. The Morgan fingerprint density at radius 2 is 1.87 bits per heavy atom. The molecule has 0 aromatic rings. The number of sulfone groups is 1. The fourth-order valence-electron chi connectivity index (χ4n) is 6.13. The quantitative estimate of drug-likeness (QED) is 0.297. The minimum atomic E-state index is -2.89. The molecule has 2 heterocycles. The average molecular weight is 555 g/mol. The highest BCUT2D eigenvalue weighted by Gasteiger charge is 2.65. The van der Waals surface area contributed by atoms with Crippen LogP contribution >= 0.6 is 24.0 Å². The van der Waals surface area contributed by atoms with Gasteiger partial charge in [0.25, 0.3) is 0 Å². The highest BCUT2D eigenvalue weighted by Crippen LogP contribution is 2.60. The summed E-state index contributed by atoms with van der Waals surface area (Å²) in [5, 5.41) is 7.52. The van der Waals surface area contributed by atoms with Gasteiger partial charge in [0.2, 0.25) is 0 Å². The third-order valence-corrected chi connectivity index (χ3v) is 8.53. The molecule has 3 atom stereocenters. The van der Waals surface area contributed by atoms with Crippen molar-refractivity contribution in [2.75, 3.05) is 44.8 Å². The normalized spacial score (nSPS) is 31.8. The Hall–Kier alpha value is -0.130. The second kappa shape index (κ2) is 10.2. The van der Waals surface area contributed by atoms with E-state index in [9.17, 15) is 8.42 Å². The zero-order valence-corrected chi connectivity index (χ0v) is 21.6. The lowest BCUT2D eigenvalue weighted by atomic mass is 9.54. The summed E-state index contributed by atoms with van der Waals surface area (Å²) in [4.78, 5) is 7.02. The van der Waals surface area contributed by atoms with Crippen molar-refractivity contribution in [3.8, 4) is 0 Å². The summed E-state index contributed by atoms with van der Waals surface area (Å²) in [7, 11) is -2.89. The molecule has 2 saturated carbocycles. The van der Waals surface area contributed by atoms with Crippen molar-refractivity contribution in [2.24, 2.45) is 16.3 Å². The first-order chi connectivity index (χ1) is 13.9. The van der Waals surface area contributed by atoms with Gasteiger partial charge in [0.05, 0.1) is 11.9 Å². The van der Waals surface area contributed by atoms with E-state index < -0.39 is 9.84 Å². The molecule has 30 heavy (non-hydrogen) atoms. The van der Waals surface area contributed by atoms with E-state index in [1.54, 1.807) is 0 Å². The number of aliphatic imine (C=N–C) groups is 1. The average Bonchev–Trinajstić information content (AvgIpc) is 3.34. The minimum Gasteiger partial charge on any atom is -0.377 e. The van der Waals surface area contributed by atoms with Crippen molar-refractivity contribution in [3.05, 3.63) is 0 Å². The van der Waals surface area contributed by atoms with E-state index in [0.717, 1.165) is 45.0 Å². The zero-order valence-electron chi connectivity index (χ0n) is 18.4. The van der Waals surface area contributed by atoms with Gasteiger partial charge in [-0.25, -0.2) is 8.42 Å². The predicted molar refractivity (Wildman–Crippen MR) is 131 cm³/mol. The fraction of sp³-hybridized carbons (Fsp3) is 0.952. The Morgan fingerprint density at radius 3 is 2.50 bits per heavy atom. The molecule has 9 heteroatoms. The van der Waals surface area contributed by atoms with Gasteiger partial charge in [-0.3, -0.25) is 4.99 Å². The molecule has 0 radical (unpaired) electrons. The van der Waals surface area contributed by atoms with Gasteiger partial charge < -0.3 is 20.3 Å². The molecule has 3 unspecified atom stereocenters. The van der Waals surface area contributed by atoms with Crippen molar-refractivity contribution in [1.29, 1.82) is 0 Å². The summed E-state index contributed by atoms with van der Waals surface area (Å²) >= 11 is 0. The molecule has 4 fully saturated rings. The van der Waals surface area contributed by atoms with E-state index in [-0.39, 0.29) is 29.7 Å². The number of piperidine rings is 1. The van der Waals surface area contributed by atoms with Crippen LogP contribution in [0.2, 0.25) is 0 Å². The van der Waals surface area contributed by atoms with Crippen LogP contribution in [0.4, 0.5) is 0 Å². The third-order valence-electron chi connectivity index (χ3n) is 7.60. The third kappa shape index (κ3) is 5.26. The summed E-state index contributed by atoms with van der Waals surface area (Å²) in [6.07, 6.45) is 10.2. The topological polar surface area (TPSA) is 83.0 Å². The molecular weight excluding hydrogens is 515 g/mol. The first-order valence-electron chi connectivity index (χ1n) is 11.5. The zero-order chi connectivity index (χ0) is 20.5. The SMILES string of the molecule is CCN=C(NC1CCN(CCS(C)(=O)=O)CC1)NC1C2CCOC2C12CCCC2.I. The summed E-state index contributed by atoms with van der Waals surface area (Å²) in [5.74, 6) is 1.85. The monoisotopic (exact) mass is 554 g/mol. The number of likely N-dealkylation sites (tertiary alicyclic amines) is 1. The van der Waals surface area contributed by atoms with Crippen LogP contribution in [0.5, 0.6) is 0 Å². The summed E-state index contributed by atoms with van der Waals surface area (Å²) in [6, 6.07) is 0.891. The molecular formula is C21H39IN4O3S. The number of guanidine groups is 1. The van der Waals surface area contributed by atoms with Gasteiger partial charge in [0.15, 0.2) is 5.96 Å². The highest BCUT2D eigenvalue weighted by atomic mass is 127. The number of nitrogens with zero attached hydrogens (tertiary/aromatic N) is 2. The fourth-order valence-corrected chi connectivity index (χ4v) is 6.72. The molecule has 7 nitrogen and oxygen atoms in total. The number of hydrogen-bond donors (Lipinski definition) is 2. The molecule has 4 rings (SSSR count). The maximum Gasteiger partial charge on any atom is 0.191 e. The van der Waals surface area contributed by atoms with E-state index in [1.807, 2.05) is 0 Å². The van der Waals surface area contributed by atoms with E-state index >= 15 is 0 Å². The van der Waals surface area contributed by atoms with Crippen molar-refractivity contribution in [1.82, 2.24) is 15.5 Å². The van der Waals surface area contributed by atoms with Crippen molar-refractivity contribution >= 4 is 39.8 Å². The Kier molecular flexibility index (Phi) is 8.34. The van der Waals surface area contributed by atoms with Gasteiger partial charge in [-0.05, 0) is 39.0 Å². The standard InChI is InChI=1S/C21H38N4O3S.HI/c1-3-22-20(23-16-6-11-25(12-7-16)13-15-29(2,26)27)24-18-17-8-14-28-19(17)21(18)9-4-5-10-21;/h16-19H,3-15H2,1-2H3,(H2,22,23,24);1H. The molecule has 2 aliphatic heterocycles. The smallest absolute Gasteiger partial charge is 0.191 e. The van der Waals surface area contributed by atoms with Gasteiger partial charge in [-0.1, -0.05) is 12.8 Å². The van der Waals surface area contributed by atoms with E-state index in [4.69, 9.17) is 9.73 Å². The lowest BCUT2D eigenvalue weighted by Gasteiger charge is -2.57. The van der Waals surface area contributed by atoms with Crippen LogP contribution in [-0.2, 0) is 14.6 Å². The molecule has 2 aliphatic carbocycles. The molecule has 0 aromatic heterocycles. The van der Waals surface area contributed by atoms with Crippen molar-refractivity contribution < 1.29 is 13.2 Å². The highest BCUT2D eigenvalue weighted by molar-refractivity contribution is 14.0. The lowest BCUT2D eigenvalue weighted by Crippen LogP contribution is -2.69. The number of fused-ring (bicyclic) bond motifs is 2. The first kappa shape index (κ1) is 24.5. The Balaban J connectivity index is 0.00000256. The van der Waals surface area contributed by atoms with Crippen LogP contribution in [0.3, 0.4) is 0 Å². The molecule has 4 aliphatic rings. The van der Waals surface area contributed by atoms with Crippen LogP contribution < -0.4 is 10.6 Å². The van der Waals surface area contributed by atoms with Gasteiger partial charge in [0, 0.05) is 62.5 Å². The van der Waals surface area contributed by atoms with Gasteiger partial charge in [0.1, 0.15) is 9.84 Å². The number of halogens is 1. The van der Waals surface area contributed by atoms with Crippen LogP contribution in [0.15, 0.2) is 4.99 Å². The Morgan fingerprint density at radius 1 is 1.17 bits per heavy atom. The van der Waals surface area contributed by atoms with Gasteiger partial charge in [-0.2, -0.15) is 0 Å². The van der Waals surface area contributed by atoms with Crippen molar-refractivity contribution in [3.63, 3.8) is 0 Å². The molecule has 0 amide bonds. The number of ether oxygens (including phenoxy) is 1. The van der Waals surface area contributed by atoms with Gasteiger partial charge >= 0.3 is 0 Å². The second-order valence-corrected chi connectivity index (χ2v) is 11.8. The van der Waals surface area contributed by atoms with Crippen molar-refractivity contribution in [2.45, 2.75) is 70.1 Å². The Bertz CT molecular complexity index is 703. The molecule has 174 valence electrons. The predicted octanol–water partition coefficient (Wildman–Crippen LogP) is 2.02. The van der Waals surface area contributed by atoms with Crippen LogP contribution in [0, 0.1) is 11.3 Å². The maximum atomic E-state index is 11.4. The molecule has 2 saturated heterocycles. The Labute approximate surface area is 199 Å². The number of hydrogen-bond acceptors (Lipinski definition) is 5. The van der Waals surface area contributed by atoms with E-state index in [1.165, 1.54) is 38.4 Å². The van der Waals surface area contributed by atoms with Crippen LogP contribution in [0.1, 0.15) is 51.9 Å². The summed E-state index contributed by atoms with van der Waals surface area (Å²) < 4.78 is 28.9.